The van der Waals surface area contributed by atoms with Gasteiger partial charge in [0.05, 0.1) is 30.8 Å². The number of halogens is 6. The lowest BCUT2D eigenvalue weighted by Gasteiger charge is -2.27. The van der Waals surface area contributed by atoms with Crippen LogP contribution in [0.15, 0.2) is 47.1 Å². The smallest absolute Gasteiger partial charge is 0.275 e. The van der Waals surface area contributed by atoms with Crippen LogP contribution in [0.2, 0.25) is 0 Å². The Morgan fingerprint density at radius 2 is 1.83 bits per heavy atom. The summed E-state index contributed by atoms with van der Waals surface area (Å²) >= 11 is 3.02. The lowest BCUT2D eigenvalue weighted by molar-refractivity contribution is -0.120. The highest BCUT2D eigenvalue weighted by molar-refractivity contribution is 9.10. The number of amides is 1. The number of carbonyl (C=O) groups is 1. The average molecular weight is 555 g/mol. The number of nitrogens with zero attached hydrogens (tertiary/aromatic N) is 2. The molecule has 0 N–H and O–H groups in total. The standard InChI is InChI=1S/C25H20BrF5N2O2/c1-25(30,31)18-8-13(11-32-23(18)35-2)15-6-7-16-19(27)4-3-5-22(16)33(24(15)34)12-17-20(28)9-14(26)10-21(17)29/h3-5,8-11,15H,6-7,12H2,1-2H3. The molecule has 0 fully saturated rings. The number of ether oxygens (including phenoxy) is 1. The number of aromatic nitrogens is 1. The van der Waals surface area contributed by atoms with Gasteiger partial charge in [-0.2, -0.15) is 0 Å². The van der Waals surface area contributed by atoms with Gasteiger partial charge in [0, 0.05) is 28.7 Å². The predicted octanol–water partition coefficient (Wildman–Crippen LogP) is 6.64. The first-order chi connectivity index (χ1) is 16.5. The van der Waals surface area contributed by atoms with Crippen molar-refractivity contribution in [3.63, 3.8) is 0 Å². The van der Waals surface area contributed by atoms with Gasteiger partial charge in [0.2, 0.25) is 11.8 Å². The van der Waals surface area contributed by atoms with E-state index in [0.717, 1.165) is 23.1 Å². The Balaban J connectivity index is 1.83. The van der Waals surface area contributed by atoms with E-state index in [1.165, 1.54) is 31.5 Å². The Kier molecular flexibility index (Phi) is 6.86. The molecule has 1 aliphatic heterocycles. The summed E-state index contributed by atoms with van der Waals surface area (Å²) in [4.78, 5) is 18.8. The van der Waals surface area contributed by atoms with Crippen LogP contribution in [0.3, 0.4) is 0 Å². The summed E-state index contributed by atoms with van der Waals surface area (Å²) in [5.74, 6) is -7.57. The fourth-order valence-electron chi connectivity index (χ4n) is 4.26. The maximum atomic E-state index is 14.7. The molecule has 1 unspecified atom stereocenters. The number of pyridine rings is 1. The lowest BCUT2D eigenvalue weighted by atomic mass is 9.92. The molecule has 1 amide bonds. The summed E-state index contributed by atoms with van der Waals surface area (Å²) in [5, 5.41) is 0. The van der Waals surface area contributed by atoms with Gasteiger partial charge in [-0.3, -0.25) is 4.79 Å². The van der Waals surface area contributed by atoms with Gasteiger partial charge >= 0.3 is 0 Å². The minimum atomic E-state index is -3.30. The van der Waals surface area contributed by atoms with E-state index in [9.17, 15) is 26.7 Å². The Morgan fingerprint density at radius 1 is 1.14 bits per heavy atom. The molecule has 0 saturated heterocycles. The zero-order valence-electron chi connectivity index (χ0n) is 18.7. The molecule has 1 atom stereocenters. The molecule has 0 spiro atoms. The molecule has 2 aromatic carbocycles. The first kappa shape index (κ1) is 25.1. The summed E-state index contributed by atoms with van der Waals surface area (Å²) in [6.07, 6.45) is 1.43. The van der Waals surface area contributed by atoms with Crippen molar-refractivity contribution in [2.24, 2.45) is 0 Å². The molecular weight excluding hydrogens is 535 g/mol. The van der Waals surface area contributed by atoms with Crippen LogP contribution < -0.4 is 9.64 Å². The molecule has 0 aliphatic carbocycles. The SMILES string of the molecule is COc1ncc(C2CCc3c(F)cccc3N(Cc3c(F)cc(Br)cc3F)C2=O)cc1C(C)(F)F. The van der Waals surface area contributed by atoms with Crippen LogP contribution >= 0.6 is 15.9 Å². The lowest BCUT2D eigenvalue weighted by Crippen LogP contribution is -2.35. The maximum absolute atomic E-state index is 14.7. The number of alkyl halides is 2. The molecule has 0 saturated carbocycles. The van der Waals surface area contributed by atoms with E-state index in [4.69, 9.17) is 4.74 Å². The number of anilines is 1. The molecule has 10 heteroatoms. The van der Waals surface area contributed by atoms with Gasteiger partial charge in [-0.15, -0.1) is 0 Å². The van der Waals surface area contributed by atoms with E-state index < -0.39 is 47.3 Å². The van der Waals surface area contributed by atoms with E-state index in [1.54, 1.807) is 0 Å². The summed E-state index contributed by atoms with van der Waals surface area (Å²) in [6.45, 7) is 0.166. The molecular formula is C25H20BrF5N2O2. The van der Waals surface area contributed by atoms with Gasteiger partial charge in [0.15, 0.2) is 0 Å². The summed E-state index contributed by atoms with van der Waals surface area (Å²) < 4.78 is 77.6. The first-order valence-electron chi connectivity index (χ1n) is 10.7. The van der Waals surface area contributed by atoms with Gasteiger partial charge in [-0.25, -0.2) is 26.9 Å². The second kappa shape index (κ2) is 9.56. The third kappa shape index (κ3) is 4.89. The van der Waals surface area contributed by atoms with Crippen molar-refractivity contribution in [1.29, 1.82) is 0 Å². The van der Waals surface area contributed by atoms with Gasteiger partial charge in [0.1, 0.15) is 17.5 Å². The van der Waals surface area contributed by atoms with Crippen LogP contribution in [-0.2, 0) is 23.7 Å². The van der Waals surface area contributed by atoms with Gasteiger partial charge in [-0.05, 0) is 48.7 Å². The van der Waals surface area contributed by atoms with Crippen LogP contribution in [0, 0.1) is 17.5 Å². The molecule has 1 aliphatic rings. The number of carbonyl (C=O) groups excluding carboxylic acids is 1. The molecule has 0 bridgehead atoms. The van der Waals surface area contributed by atoms with Crippen molar-refractivity contribution in [1.82, 2.24) is 4.98 Å². The second-order valence-corrected chi connectivity index (χ2v) is 9.23. The van der Waals surface area contributed by atoms with Gasteiger partial charge < -0.3 is 9.64 Å². The normalized spacial score (nSPS) is 16.2. The van der Waals surface area contributed by atoms with E-state index in [0.29, 0.717) is 6.92 Å². The van der Waals surface area contributed by atoms with Crippen molar-refractivity contribution in [2.45, 2.75) is 38.2 Å². The van der Waals surface area contributed by atoms with Crippen LogP contribution in [0.5, 0.6) is 5.88 Å². The van der Waals surface area contributed by atoms with E-state index in [1.807, 2.05) is 0 Å². The van der Waals surface area contributed by atoms with Crippen LogP contribution in [-0.4, -0.2) is 18.0 Å². The maximum Gasteiger partial charge on any atom is 0.275 e. The topological polar surface area (TPSA) is 42.4 Å². The fraction of sp³-hybridized carbons (Fsp3) is 0.280. The molecule has 3 aromatic rings. The van der Waals surface area contributed by atoms with Crippen molar-refractivity contribution >= 4 is 27.5 Å². The van der Waals surface area contributed by atoms with E-state index >= 15 is 0 Å². The van der Waals surface area contributed by atoms with Crippen molar-refractivity contribution in [3.05, 3.63) is 86.8 Å². The minimum Gasteiger partial charge on any atom is -0.481 e. The number of hydrogen-bond acceptors (Lipinski definition) is 3. The third-order valence-corrected chi connectivity index (χ3v) is 6.45. The number of methoxy groups -OCH3 is 1. The molecule has 1 aromatic heterocycles. The number of rotatable bonds is 5. The summed E-state index contributed by atoms with van der Waals surface area (Å²) in [6, 6.07) is 7.38. The molecule has 4 rings (SSSR count). The Morgan fingerprint density at radius 3 is 2.46 bits per heavy atom. The van der Waals surface area contributed by atoms with E-state index in [2.05, 4.69) is 20.9 Å². The van der Waals surface area contributed by atoms with Gasteiger partial charge in [0.25, 0.3) is 5.92 Å². The highest BCUT2D eigenvalue weighted by Crippen LogP contribution is 2.40. The predicted molar refractivity (Wildman–Crippen MR) is 123 cm³/mol. The summed E-state index contributed by atoms with van der Waals surface area (Å²) in [5.41, 5.74) is -0.353. The largest absolute Gasteiger partial charge is 0.481 e. The van der Waals surface area contributed by atoms with Crippen molar-refractivity contribution in [2.75, 3.05) is 12.0 Å². The Labute approximate surface area is 206 Å². The van der Waals surface area contributed by atoms with Gasteiger partial charge in [-0.1, -0.05) is 22.0 Å². The highest BCUT2D eigenvalue weighted by atomic mass is 79.9. The number of benzene rings is 2. The van der Waals surface area contributed by atoms with Crippen molar-refractivity contribution in [3.8, 4) is 5.88 Å². The van der Waals surface area contributed by atoms with Crippen LogP contribution in [0.25, 0.3) is 0 Å². The van der Waals surface area contributed by atoms with Crippen molar-refractivity contribution < 1.29 is 31.5 Å². The second-order valence-electron chi connectivity index (χ2n) is 8.32. The Hall–Kier alpha value is -3.01. The minimum absolute atomic E-state index is 0.0807. The average Bonchev–Trinajstić information content (AvgIpc) is 2.92. The number of fused-ring (bicyclic) bond motifs is 1. The molecule has 4 nitrogen and oxygen atoms in total. The first-order valence-corrected chi connectivity index (χ1v) is 11.4. The quantitative estimate of drug-likeness (QED) is 0.332. The van der Waals surface area contributed by atoms with E-state index in [-0.39, 0.29) is 45.6 Å². The molecule has 35 heavy (non-hydrogen) atoms. The Bertz CT molecular complexity index is 1270. The van der Waals surface area contributed by atoms with Crippen LogP contribution in [0.1, 0.15) is 41.5 Å². The number of hydrogen-bond donors (Lipinski definition) is 0. The van der Waals surface area contributed by atoms with Crippen LogP contribution in [0.4, 0.5) is 27.6 Å². The summed E-state index contributed by atoms with van der Waals surface area (Å²) in [7, 11) is 1.20. The zero-order chi connectivity index (χ0) is 25.5. The highest BCUT2D eigenvalue weighted by Gasteiger charge is 2.36. The molecule has 0 radical (unpaired) electrons. The monoisotopic (exact) mass is 554 g/mol. The molecule has 184 valence electrons. The molecule has 2 heterocycles. The zero-order valence-corrected chi connectivity index (χ0v) is 20.3. The third-order valence-electron chi connectivity index (χ3n) is 6.00. The fourth-order valence-corrected chi connectivity index (χ4v) is 4.66.